The van der Waals surface area contributed by atoms with Gasteiger partial charge in [0.05, 0.1) is 5.69 Å². The molecule has 1 aliphatic carbocycles. The Morgan fingerprint density at radius 2 is 1.67 bits per heavy atom. The minimum absolute atomic E-state index is 0.811. The number of aryl methyl sites for hydroxylation is 1. The Morgan fingerprint density at radius 1 is 1.07 bits per heavy atom. The van der Waals surface area contributed by atoms with Crippen LogP contribution in [0.2, 0.25) is 0 Å². The van der Waals surface area contributed by atoms with Crippen molar-refractivity contribution in [1.29, 1.82) is 0 Å². The molecule has 0 aliphatic heterocycles. The predicted octanol–water partition coefficient (Wildman–Crippen LogP) is 5.22. The van der Waals surface area contributed by atoms with Gasteiger partial charge in [0, 0.05) is 11.2 Å². The molecule has 15 heavy (non-hydrogen) atoms. The molecule has 0 radical (unpaired) electrons. The summed E-state index contributed by atoms with van der Waals surface area (Å²) in [6.45, 7) is 2.28. The molecule has 0 aromatic carbocycles. The maximum absolute atomic E-state index is 4.74. The van der Waals surface area contributed by atoms with Crippen LogP contribution in [0.3, 0.4) is 0 Å². The molecule has 1 nitrogen and oxygen atoms in total. The van der Waals surface area contributed by atoms with Gasteiger partial charge in [0.15, 0.2) is 0 Å². The molecule has 84 valence electrons. The molecule has 0 saturated heterocycles. The molecule has 0 bridgehead atoms. The highest BCUT2D eigenvalue weighted by Crippen LogP contribution is 2.37. The lowest BCUT2D eigenvalue weighted by Gasteiger charge is -2.14. The van der Waals surface area contributed by atoms with Gasteiger partial charge in [-0.2, -0.15) is 0 Å². The monoisotopic (exact) mass is 241 g/mol. The van der Waals surface area contributed by atoms with Crippen LogP contribution < -0.4 is 0 Å². The molecule has 0 amide bonds. The Bertz CT molecular complexity index is 286. The van der Waals surface area contributed by atoms with Crippen molar-refractivity contribution in [1.82, 2.24) is 4.75 Å². The summed E-state index contributed by atoms with van der Waals surface area (Å²) in [5.74, 6) is 0.811. The highest BCUT2D eigenvalue weighted by Gasteiger charge is 2.16. The van der Waals surface area contributed by atoms with Gasteiger partial charge in [-0.3, -0.25) is 0 Å². The maximum Gasteiger partial charge on any atom is 0.0554 e. The van der Waals surface area contributed by atoms with Crippen LogP contribution in [0.4, 0.5) is 0 Å². The number of nitrogens with zero attached hydrogens (tertiary/aromatic N) is 1. The Labute approximate surface area is 96.2 Å². The second kappa shape index (κ2) is 6.02. The summed E-state index contributed by atoms with van der Waals surface area (Å²) in [6, 6.07) is 0. The van der Waals surface area contributed by atoms with Crippen LogP contribution in [0.25, 0.3) is 0 Å². The largest absolute Gasteiger partial charge is 0.240 e. The maximum atomic E-state index is 4.74. The van der Waals surface area contributed by atoms with E-state index in [4.69, 9.17) is 4.75 Å². The lowest BCUT2D eigenvalue weighted by atomic mass is 9.93. The third-order valence-electron chi connectivity index (χ3n) is 3.50. The van der Waals surface area contributed by atoms with Crippen molar-refractivity contribution in [3.63, 3.8) is 0 Å². The third-order valence-corrected chi connectivity index (χ3v) is 6.11. The van der Waals surface area contributed by atoms with Crippen LogP contribution in [0, 0.1) is 6.92 Å². The van der Waals surface area contributed by atoms with Gasteiger partial charge in [-0.1, -0.05) is 38.5 Å². The molecular formula is C12H21NP2. The van der Waals surface area contributed by atoms with Gasteiger partial charge in [0.25, 0.3) is 0 Å². The van der Waals surface area contributed by atoms with Crippen molar-refractivity contribution >= 4 is 15.9 Å². The lowest BCUT2D eigenvalue weighted by molar-refractivity contribution is 0.531. The van der Waals surface area contributed by atoms with Gasteiger partial charge in [-0.25, -0.2) is 4.75 Å². The molecule has 1 unspecified atom stereocenters. The molecule has 1 aliphatic rings. The first-order chi connectivity index (χ1) is 7.38. The molecule has 1 heterocycles. The number of hydrogen-bond acceptors (Lipinski definition) is 1. The van der Waals surface area contributed by atoms with Crippen LogP contribution in [0.5, 0.6) is 0 Å². The summed E-state index contributed by atoms with van der Waals surface area (Å²) >= 11 is 0. The zero-order valence-corrected chi connectivity index (χ0v) is 11.5. The van der Waals surface area contributed by atoms with E-state index >= 15 is 0 Å². The Kier molecular flexibility index (Phi) is 4.66. The minimum atomic E-state index is 0.811. The molecule has 1 atom stereocenters. The molecule has 0 N–H and O–H groups in total. The van der Waals surface area contributed by atoms with Crippen LogP contribution in [0.15, 0.2) is 0 Å². The van der Waals surface area contributed by atoms with Crippen molar-refractivity contribution in [2.24, 2.45) is 0 Å². The number of aromatic nitrogens is 1. The van der Waals surface area contributed by atoms with Crippen molar-refractivity contribution in [2.75, 3.05) is 0 Å². The van der Waals surface area contributed by atoms with Crippen LogP contribution in [0.1, 0.15) is 68.3 Å². The average molecular weight is 241 g/mol. The fourth-order valence-corrected chi connectivity index (χ4v) is 4.95. The standard InChI is InChI=1S/C12H21NP2/c1-10-12(13-15-14-10)11-8-6-4-2-3-5-7-9-11/h11,15H,2-9H2,1H3. The summed E-state index contributed by atoms with van der Waals surface area (Å²) in [6.07, 6.45) is 11.5. The van der Waals surface area contributed by atoms with Gasteiger partial charge in [0.1, 0.15) is 0 Å². The molecule has 1 fully saturated rings. The molecular weight excluding hydrogens is 220 g/mol. The molecule has 2 rings (SSSR count). The average Bonchev–Trinajstić information content (AvgIpc) is 2.68. The Hall–Kier alpha value is 0.140. The van der Waals surface area contributed by atoms with Crippen LogP contribution in [-0.4, -0.2) is 4.75 Å². The zero-order valence-electron chi connectivity index (χ0n) is 9.63. The van der Waals surface area contributed by atoms with Crippen molar-refractivity contribution in [3.8, 4) is 0 Å². The molecule has 1 aromatic rings. The van der Waals surface area contributed by atoms with E-state index in [1.165, 1.54) is 64.9 Å². The Balaban J connectivity index is 2.02. The first kappa shape index (κ1) is 11.6. The fraction of sp³-hybridized carbons (Fsp3) is 0.833. The van der Waals surface area contributed by atoms with E-state index in [2.05, 4.69) is 6.92 Å². The van der Waals surface area contributed by atoms with E-state index in [0.29, 0.717) is 0 Å². The molecule has 1 saturated carbocycles. The Morgan fingerprint density at radius 3 is 2.20 bits per heavy atom. The highest BCUT2D eigenvalue weighted by molar-refractivity contribution is 7.89. The normalized spacial score (nSPS) is 21.7. The van der Waals surface area contributed by atoms with E-state index in [0.717, 1.165) is 13.9 Å². The number of rotatable bonds is 1. The van der Waals surface area contributed by atoms with E-state index in [1.807, 2.05) is 0 Å². The summed E-state index contributed by atoms with van der Waals surface area (Å²) in [5.41, 5.74) is 1.50. The summed E-state index contributed by atoms with van der Waals surface area (Å²) in [7, 11) is 2.30. The highest BCUT2D eigenvalue weighted by atomic mass is 31.8. The van der Waals surface area contributed by atoms with Gasteiger partial charge in [-0.05, 0) is 35.7 Å². The molecule has 3 heteroatoms. The van der Waals surface area contributed by atoms with Gasteiger partial charge >= 0.3 is 0 Å². The van der Waals surface area contributed by atoms with Crippen molar-refractivity contribution < 1.29 is 0 Å². The van der Waals surface area contributed by atoms with Gasteiger partial charge < -0.3 is 0 Å². The second-order valence-electron chi connectivity index (χ2n) is 4.69. The van der Waals surface area contributed by atoms with Gasteiger partial charge in [0.2, 0.25) is 0 Å². The first-order valence-electron chi connectivity index (χ1n) is 6.25. The predicted molar refractivity (Wildman–Crippen MR) is 70.7 cm³/mol. The first-order valence-corrected chi connectivity index (χ1v) is 8.93. The zero-order chi connectivity index (χ0) is 10.5. The second-order valence-corrected chi connectivity index (χ2v) is 7.28. The van der Waals surface area contributed by atoms with Crippen LogP contribution in [-0.2, 0) is 0 Å². The SMILES string of the molecule is Cc1p[pH]nc1C1CCCCCCCC1. The minimum Gasteiger partial charge on any atom is -0.240 e. The number of hydrogen-bond donors (Lipinski definition) is 0. The van der Waals surface area contributed by atoms with Crippen molar-refractivity contribution in [2.45, 2.75) is 64.2 Å². The van der Waals surface area contributed by atoms with E-state index in [-0.39, 0.29) is 0 Å². The van der Waals surface area contributed by atoms with E-state index in [1.54, 1.807) is 5.30 Å². The third kappa shape index (κ3) is 3.30. The quantitative estimate of drug-likeness (QED) is 0.656. The molecule has 1 aromatic heterocycles. The van der Waals surface area contributed by atoms with Gasteiger partial charge in [-0.15, -0.1) is 0 Å². The summed E-state index contributed by atoms with van der Waals surface area (Å²) in [4.78, 5) is 0. The molecule has 0 spiro atoms. The van der Waals surface area contributed by atoms with Crippen LogP contribution >= 0.6 is 15.9 Å². The van der Waals surface area contributed by atoms with Crippen molar-refractivity contribution in [3.05, 3.63) is 11.0 Å². The summed E-state index contributed by atoms with van der Waals surface area (Å²) < 4.78 is 4.74. The lowest BCUT2D eigenvalue weighted by Crippen LogP contribution is -2.00. The topological polar surface area (TPSA) is 12.9 Å². The summed E-state index contributed by atoms with van der Waals surface area (Å²) in [5, 5.41) is 1.57. The smallest absolute Gasteiger partial charge is 0.0554 e. The van der Waals surface area contributed by atoms with E-state index in [9.17, 15) is 0 Å². The fourth-order valence-electron chi connectivity index (χ4n) is 2.59. The van der Waals surface area contributed by atoms with E-state index < -0.39 is 0 Å².